The molecular weight excluding hydrogens is 222 g/mol. The molecule has 0 aromatic heterocycles. The Labute approximate surface area is 100 Å². The number of esters is 1. The van der Waals surface area contributed by atoms with Gasteiger partial charge in [-0.05, 0) is 26.0 Å². The summed E-state index contributed by atoms with van der Waals surface area (Å²) in [6.07, 6.45) is 0. The van der Waals surface area contributed by atoms with Gasteiger partial charge >= 0.3 is 5.97 Å². The maximum absolute atomic E-state index is 11.1. The Kier molecular flexibility index (Phi) is 4.78. The largest absolute Gasteiger partial charge is 0.507 e. The van der Waals surface area contributed by atoms with Gasteiger partial charge in [0.25, 0.3) is 0 Å². The van der Waals surface area contributed by atoms with Crippen molar-refractivity contribution in [2.45, 2.75) is 19.9 Å². The second-order valence-corrected chi connectivity index (χ2v) is 3.62. The van der Waals surface area contributed by atoms with Crippen molar-refractivity contribution < 1.29 is 19.7 Å². The number of phenols is 2. The van der Waals surface area contributed by atoms with Crippen molar-refractivity contribution in [1.82, 2.24) is 5.32 Å². The summed E-state index contributed by atoms with van der Waals surface area (Å²) in [5.41, 5.74) is 0.372. The van der Waals surface area contributed by atoms with Crippen molar-refractivity contribution >= 4 is 5.97 Å². The minimum Gasteiger partial charge on any atom is -0.507 e. The molecule has 1 rings (SSSR count). The molecule has 5 heteroatoms. The molecule has 0 fully saturated rings. The second-order valence-electron chi connectivity index (χ2n) is 3.62. The molecule has 0 saturated heterocycles. The number of hydrogen-bond donors (Lipinski definition) is 3. The molecule has 0 bridgehead atoms. The minimum absolute atomic E-state index is 0.00569. The Bertz CT molecular complexity index is 372. The van der Waals surface area contributed by atoms with Gasteiger partial charge in [0.1, 0.15) is 11.5 Å². The number of aromatic hydroxyl groups is 2. The molecule has 1 unspecified atom stereocenters. The number of carbonyl (C=O) groups excluding carboxylic acids is 1. The summed E-state index contributed by atoms with van der Waals surface area (Å²) in [5.74, 6) is -0.378. The molecular formula is C12H17NO4. The zero-order valence-corrected chi connectivity index (χ0v) is 9.93. The predicted octanol–water partition coefficient (Wildman–Crippen LogP) is 1.31. The van der Waals surface area contributed by atoms with Gasteiger partial charge in [0, 0.05) is 6.04 Å². The highest BCUT2D eigenvalue weighted by molar-refractivity contribution is 5.71. The van der Waals surface area contributed by atoms with Crippen LogP contribution in [0.25, 0.3) is 0 Å². The fourth-order valence-electron chi connectivity index (χ4n) is 1.54. The summed E-state index contributed by atoms with van der Waals surface area (Å²) >= 11 is 0. The lowest BCUT2D eigenvalue weighted by atomic mass is 10.1. The normalized spacial score (nSPS) is 12.1. The number of carbonyl (C=O) groups is 1. The monoisotopic (exact) mass is 239 g/mol. The van der Waals surface area contributed by atoms with Crippen LogP contribution in [0.15, 0.2) is 18.2 Å². The predicted molar refractivity (Wildman–Crippen MR) is 62.8 cm³/mol. The minimum atomic E-state index is -0.366. The Balaban J connectivity index is 2.64. The van der Waals surface area contributed by atoms with Crippen molar-refractivity contribution in [3.63, 3.8) is 0 Å². The molecule has 0 aliphatic rings. The van der Waals surface area contributed by atoms with Crippen LogP contribution in [0.4, 0.5) is 0 Å². The zero-order valence-electron chi connectivity index (χ0n) is 9.93. The highest BCUT2D eigenvalue weighted by atomic mass is 16.5. The SMILES string of the molecule is CCOC(=O)CNC(C)c1c(O)cccc1O. The smallest absolute Gasteiger partial charge is 0.319 e. The molecule has 1 atom stereocenters. The van der Waals surface area contributed by atoms with Gasteiger partial charge in [-0.25, -0.2) is 0 Å². The van der Waals surface area contributed by atoms with Crippen molar-refractivity contribution in [2.24, 2.45) is 0 Å². The number of ether oxygens (including phenoxy) is 1. The molecule has 1 aromatic rings. The van der Waals surface area contributed by atoms with Gasteiger partial charge in [-0.2, -0.15) is 0 Å². The number of rotatable bonds is 5. The number of benzene rings is 1. The van der Waals surface area contributed by atoms with Crippen LogP contribution in [-0.2, 0) is 9.53 Å². The molecule has 5 nitrogen and oxygen atoms in total. The van der Waals surface area contributed by atoms with E-state index in [0.717, 1.165) is 0 Å². The molecule has 0 heterocycles. The molecule has 94 valence electrons. The molecule has 0 spiro atoms. The summed E-state index contributed by atoms with van der Waals surface area (Å²) in [5, 5.41) is 22.1. The van der Waals surface area contributed by atoms with Gasteiger partial charge in [0.2, 0.25) is 0 Å². The first kappa shape index (κ1) is 13.3. The summed E-state index contributed by atoms with van der Waals surface area (Å²) in [6.45, 7) is 3.84. The zero-order chi connectivity index (χ0) is 12.8. The molecule has 17 heavy (non-hydrogen) atoms. The van der Waals surface area contributed by atoms with Crippen molar-refractivity contribution in [3.8, 4) is 11.5 Å². The average molecular weight is 239 g/mol. The van der Waals surface area contributed by atoms with Crippen LogP contribution in [0.1, 0.15) is 25.5 Å². The maximum Gasteiger partial charge on any atom is 0.319 e. The Morgan fingerprint density at radius 3 is 2.53 bits per heavy atom. The van der Waals surface area contributed by atoms with Gasteiger partial charge < -0.3 is 20.3 Å². The number of nitrogens with one attached hydrogen (secondary N) is 1. The maximum atomic E-state index is 11.1. The first-order valence-electron chi connectivity index (χ1n) is 5.46. The third-order valence-corrected chi connectivity index (χ3v) is 2.35. The van der Waals surface area contributed by atoms with E-state index >= 15 is 0 Å². The van der Waals surface area contributed by atoms with Crippen LogP contribution in [0, 0.1) is 0 Å². The van der Waals surface area contributed by atoms with E-state index in [1.165, 1.54) is 12.1 Å². The van der Waals surface area contributed by atoms with Crippen LogP contribution < -0.4 is 5.32 Å². The molecule has 0 saturated carbocycles. The van der Waals surface area contributed by atoms with E-state index in [0.29, 0.717) is 12.2 Å². The quantitative estimate of drug-likeness (QED) is 0.675. The molecule has 0 radical (unpaired) electrons. The first-order valence-corrected chi connectivity index (χ1v) is 5.46. The van der Waals surface area contributed by atoms with Crippen molar-refractivity contribution in [3.05, 3.63) is 23.8 Å². The van der Waals surface area contributed by atoms with E-state index in [1.54, 1.807) is 19.9 Å². The van der Waals surface area contributed by atoms with Gasteiger partial charge in [-0.3, -0.25) is 4.79 Å². The van der Waals surface area contributed by atoms with Crippen molar-refractivity contribution in [1.29, 1.82) is 0 Å². The van der Waals surface area contributed by atoms with Crippen LogP contribution in [0.2, 0.25) is 0 Å². The summed E-state index contributed by atoms with van der Waals surface area (Å²) in [4.78, 5) is 11.1. The van der Waals surface area contributed by atoms with E-state index < -0.39 is 0 Å². The van der Waals surface area contributed by atoms with E-state index in [9.17, 15) is 15.0 Å². The highest BCUT2D eigenvalue weighted by Crippen LogP contribution is 2.31. The fourth-order valence-corrected chi connectivity index (χ4v) is 1.54. The van der Waals surface area contributed by atoms with Gasteiger partial charge in [0.05, 0.1) is 18.7 Å². The third-order valence-electron chi connectivity index (χ3n) is 2.35. The van der Waals surface area contributed by atoms with E-state index in [-0.39, 0.29) is 30.1 Å². The standard InChI is InChI=1S/C12H17NO4/c1-3-17-11(16)7-13-8(2)12-9(14)5-4-6-10(12)15/h4-6,8,13-15H,3,7H2,1-2H3. The van der Waals surface area contributed by atoms with Crippen LogP contribution >= 0.6 is 0 Å². The van der Waals surface area contributed by atoms with E-state index in [2.05, 4.69) is 5.32 Å². The van der Waals surface area contributed by atoms with E-state index in [1.807, 2.05) is 0 Å². The summed E-state index contributed by atoms with van der Waals surface area (Å²) in [6, 6.07) is 4.17. The van der Waals surface area contributed by atoms with Crippen LogP contribution in [-0.4, -0.2) is 29.3 Å². The Morgan fingerprint density at radius 2 is 2.00 bits per heavy atom. The molecule has 0 aliphatic heterocycles. The fraction of sp³-hybridized carbons (Fsp3) is 0.417. The Hall–Kier alpha value is -1.75. The molecule has 0 aliphatic carbocycles. The average Bonchev–Trinajstić information content (AvgIpc) is 2.26. The van der Waals surface area contributed by atoms with Crippen LogP contribution in [0.3, 0.4) is 0 Å². The third kappa shape index (κ3) is 3.64. The lowest BCUT2D eigenvalue weighted by molar-refractivity contribution is -0.142. The molecule has 1 aromatic carbocycles. The van der Waals surface area contributed by atoms with Gasteiger partial charge in [-0.15, -0.1) is 0 Å². The lowest BCUT2D eigenvalue weighted by Crippen LogP contribution is -2.27. The lowest BCUT2D eigenvalue weighted by Gasteiger charge is -2.16. The van der Waals surface area contributed by atoms with E-state index in [4.69, 9.17) is 4.74 Å². The topological polar surface area (TPSA) is 78.8 Å². The van der Waals surface area contributed by atoms with Gasteiger partial charge in [-0.1, -0.05) is 6.07 Å². The van der Waals surface area contributed by atoms with Crippen molar-refractivity contribution in [2.75, 3.05) is 13.2 Å². The van der Waals surface area contributed by atoms with Crippen LogP contribution in [0.5, 0.6) is 11.5 Å². The summed E-state index contributed by atoms with van der Waals surface area (Å²) < 4.78 is 4.76. The molecule has 0 amide bonds. The summed E-state index contributed by atoms with van der Waals surface area (Å²) in [7, 11) is 0. The van der Waals surface area contributed by atoms with Gasteiger partial charge in [0.15, 0.2) is 0 Å². The first-order chi connectivity index (χ1) is 8.06. The Morgan fingerprint density at radius 1 is 1.41 bits per heavy atom. The highest BCUT2D eigenvalue weighted by Gasteiger charge is 2.15. The second kappa shape index (κ2) is 6.10. The number of phenolic OH excluding ortho intramolecular Hbond substituents is 2. The number of hydrogen-bond acceptors (Lipinski definition) is 5. The molecule has 3 N–H and O–H groups in total.